The van der Waals surface area contributed by atoms with Crippen LogP contribution >= 0.6 is 0 Å². The molecule has 0 aliphatic carbocycles. The first-order chi connectivity index (χ1) is 6.16. The van der Waals surface area contributed by atoms with Crippen molar-refractivity contribution in [2.75, 3.05) is 0 Å². The minimum absolute atomic E-state index is 0.0637. The van der Waals surface area contributed by atoms with Crippen LogP contribution in [0.1, 0.15) is 31.9 Å². The molecule has 2 atom stereocenters. The van der Waals surface area contributed by atoms with Crippen LogP contribution in [0.15, 0.2) is 24.3 Å². The molecule has 3 N–H and O–H groups in total. The maximum Gasteiger partial charge on any atom is 0.120 e. The third-order valence-electron chi connectivity index (χ3n) is 2.55. The van der Waals surface area contributed by atoms with E-state index in [1.165, 1.54) is 0 Å². The molecule has 0 aliphatic rings. The van der Waals surface area contributed by atoms with Crippen molar-refractivity contribution in [2.24, 2.45) is 11.7 Å². The van der Waals surface area contributed by atoms with Gasteiger partial charge in [0.1, 0.15) is 5.75 Å². The molecule has 0 radical (unpaired) electrons. The second kappa shape index (κ2) is 4.28. The van der Waals surface area contributed by atoms with E-state index in [1.807, 2.05) is 18.2 Å². The fourth-order valence-corrected chi connectivity index (χ4v) is 1.33. The lowest BCUT2D eigenvalue weighted by Crippen LogP contribution is -2.18. The van der Waals surface area contributed by atoms with Gasteiger partial charge in [-0.25, -0.2) is 0 Å². The largest absolute Gasteiger partial charge is 0.508 e. The van der Waals surface area contributed by atoms with Crippen molar-refractivity contribution >= 4 is 0 Å². The Morgan fingerprint density at radius 1 is 1.38 bits per heavy atom. The highest BCUT2D eigenvalue weighted by Gasteiger charge is 2.15. The van der Waals surface area contributed by atoms with Crippen molar-refractivity contribution < 1.29 is 5.11 Å². The molecule has 0 bridgehead atoms. The number of hydrogen-bond donors (Lipinski definition) is 2. The lowest BCUT2D eigenvalue weighted by Gasteiger charge is -2.19. The summed E-state index contributed by atoms with van der Waals surface area (Å²) in [6, 6.07) is 7.20. The number of rotatable bonds is 3. The van der Waals surface area contributed by atoms with Gasteiger partial charge in [-0.15, -0.1) is 0 Å². The molecule has 0 spiro atoms. The van der Waals surface area contributed by atoms with E-state index in [0.717, 1.165) is 12.0 Å². The van der Waals surface area contributed by atoms with Gasteiger partial charge in [-0.05, 0) is 12.0 Å². The van der Waals surface area contributed by atoms with Gasteiger partial charge in [0, 0.05) is 11.6 Å². The van der Waals surface area contributed by atoms with Crippen molar-refractivity contribution in [2.45, 2.75) is 26.3 Å². The zero-order valence-electron chi connectivity index (χ0n) is 8.20. The van der Waals surface area contributed by atoms with E-state index in [9.17, 15) is 5.11 Å². The third-order valence-corrected chi connectivity index (χ3v) is 2.55. The van der Waals surface area contributed by atoms with Crippen LogP contribution in [0.4, 0.5) is 0 Å². The Labute approximate surface area is 79.4 Å². The molecule has 72 valence electrons. The van der Waals surface area contributed by atoms with Gasteiger partial charge in [0.05, 0.1) is 0 Å². The molecular formula is C11H17NO. The number of phenolic OH excluding ortho intramolecular Hbond substituents is 1. The molecule has 0 saturated carbocycles. The van der Waals surface area contributed by atoms with E-state index >= 15 is 0 Å². The van der Waals surface area contributed by atoms with Crippen molar-refractivity contribution in [3.05, 3.63) is 29.8 Å². The molecule has 1 aromatic rings. The van der Waals surface area contributed by atoms with E-state index in [-0.39, 0.29) is 6.04 Å². The van der Waals surface area contributed by atoms with Gasteiger partial charge in [-0.2, -0.15) is 0 Å². The number of hydrogen-bond acceptors (Lipinski definition) is 2. The SMILES string of the molecule is CCC(C)[C@H](N)c1ccccc1O. The Bertz CT molecular complexity index is 273. The van der Waals surface area contributed by atoms with Gasteiger partial charge < -0.3 is 10.8 Å². The zero-order valence-corrected chi connectivity index (χ0v) is 8.20. The van der Waals surface area contributed by atoms with Crippen LogP contribution in [0.5, 0.6) is 5.75 Å². The fourth-order valence-electron chi connectivity index (χ4n) is 1.33. The molecule has 0 amide bonds. The summed E-state index contributed by atoms with van der Waals surface area (Å²) < 4.78 is 0. The second-order valence-electron chi connectivity index (χ2n) is 3.47. The normalized spacial score (nSPS) is 15.3. The highest BCUT2D eigenvalue weighted by Crippen LogP contribution is 2.28. The molecule has 0 aromatic heterocycles. The Kier molecular flexibility index (Phi) is 3.32. The summed E-state index contributed by atoms with van der Waals surface area (Å²) >= 11 is 0. The zero-order chi connectivity index (χ0) is 9.84. The summed E-state index contributed by atoms with van der Waals surface area (Å²) in [5.74, 6) is 0.698. The minimum atomic E-state index is -0.0637. The summed E-state index contributed by atoms with van der Waals surface area (Å²) in [5.41, 5.74) is 6.83. The summed E-state index contributed by atoms with van der Waals surface area (Å²) in [7, 11) is 0. The third kappa shape index (κ3) is 2.22. The van der Waals surface area contributed by atoms with Gasteiger partial charge >= 0.3 is 0 Å². The fraction of sp³-hybridized carbons (Fsp3) is 0.455. The van der Waals surface area contributed by atoms with Crippen molar-refractivity contribution in [1.82, 2.24) is 0 Å². The second-order valence-corrected chi connectivity index (χ2v) is 3.47. The molecule has 2 heteroatoms. The molecule has 1 rings (SSSR count). The predicted octanol–water partition coefficient (Wildman–Crippen LogP) is 2.44. The molecule has 0 fully saturated rings. The van der Waals surface area contributed by atoms with Crippen LogP contribution in [0.3, 0.4) is 0 Å². The summed E-state index contributed by atoms with van der Waals surface area (Å²) in [4.78, 5) is 0. The quantitative estimate of drug-likeness (QED) is 0.748. The monoisotopic (exact) mass is 179 g/mol. The molecule has 1 unspecified atom stereocenters. The summed E-state index contributed by atoms with van der Waals surface area (Å²) in [5, 5.41) is 9.55. The maximum absolute atomic E-state index is 9.55. The Morgan fingerprint density at radius 3 is 2.54 bits per heavy atom. The number of para-hydroxylation sites is 1. The first-order valence-electron chi connectivity index (χ1n) is 4.70. The van der Waals surface area contributed by atoms with Gasteiger partial charge in [0.15, 0.2) is 0 Å². The predicted molar refractivity (Wildman–Crippen MR) is 54.5 cm³/mol. The van der Waals surface area contributed by atoms with E-state index < -0.39 is 0 Å². The summed E-state index contributed by atoms with van der Waals surface area (Å²) in [6.45, 7) is 4.20. The van der Waals surface area contributed by atoms with E-state index in [0.29, 0.717) is 11.7 Å². The van der Waals surface area contributed by atoms with Gasteiger partial charge in [-0.1, -0.05) is 38.5 Å². The van der Waals surface area contributed by atoms with E-state index in [4.69, 9.17) is 5.73 Å². The number of phenols is 1. The molecule has 0 saturated heterocycles. The van der Waals surface area contributed by atoms with Crippen molar-refractivity contribution in [1.29, 1.82) is 0 Å². The van der Waals surface area contributed by atoms with E-state index in [1.54, 1.807) is 6.07 Å². The van der Waals surface area contributed by atoms with Crippen LogP contribution < -0.4 is 5.73 Å². The smallest absolute Gasteiger partial charge is 0.120 e. The molecular weight excluding hydrogens is 162 g/mol. The van der Waals surface area contributed by atoms with Crippen LogP contribution in [0.2, 0.25) is 0 Å². The van der Waals surface area contributed by atoms with Gasteiger partial charge in [-0.3, -0.25) is 0 Å². The Balaban J connectivity index is 2.88. The standard InChI is InChI=1S/C11H17NO/c1-3-8(2)11(12)9-6-4-5-7-10(9)13/h4-8,11,13H,3,12H2,1-2H3/t8?,11-/m0/s1. The highest BCUT2D eigenvalue weighted by molar-refractivity contribution is 5.34. The lowest BCUT2D eigenvalue weighted by atomic mass is 9.93. The molecule has 2 nitrogen and oxygen atoms in total. The number of nitrogens with two attached hydrogens (primary N) is 1. The first-order valence-corrected chi connectivity index (χ1v) is 4.70. The molecule has 0 heterocycles. The molecule has 0 aliphatic heterocycles. The molecule has 13 heavy (non-hydrogen) atoms. The average molecular weight is 179 g/mol. The van der Waals surface area contributed by atoms with Crippen molar-refractivity contribution in [3.63, 3.8) is 0 Å². The van der Waals surface area contributed by atoms with Crippen LogP contribution in [0.25, 0.3) is 0 Å². The Hall–Kier alpha value is -1.02. The van der Waals surface area contributed by atoms with Crippen LogP contribution in [0, 0.1) is 5.92 Å². The van der Waals surface area contributed by atoms with Gasteiger partial charge in [0.25, 0.3) is 0 Å². The topological polar surface area (TPSA) is 46.2 Å². The average Bonchev–Trinajstić information content (AvgIpc) is 2.16. The molecule has 1 aromatic carbocycles. The van der Waals surface area contributed by atoms with E-state index in [2.05, 4.69) is 13.8 Å². The highest BCUT2D eigenvalue weighted by atomic mass is 16.3. The lowest BCUT2D eigenvalue weighted by molar-refractivity contribution is 0.419. The first kappa shape index (κ1) is 10.1. The minimum Gasteiger partial charge on any atom is -0.508 e. The van der Waals surface area contributed by atoms with Crippen LogP contribution in [-0.4, -0.2) is 5.11 Å². The van der Waals surface area contributed by atoms with Crippen molar-refractivity contribution in [3.8, 4) is 5.75 Å². The Morgan fingerprint density at radius 2 is 2.00 bits per heavy atom. The maximum atomic E-state index is 9.55. The number of aromatic hydroxyl groups is 1. The summed E-state index contributed by atoms with van der Waals surface area (Å²) in [6.07, 6.45) is 1.02. The number of benzene rings is 1. The van der Waals surface area contributed by atoms with Crippen LogP contribution in [-0.2, 0) is 0 Å². The van der Waals surface area contributed by atoms with Gasteiger partial charge in [0.2, 0.25) is 0 Å².